The van der Waals surface area contributed by atoms with Crippen molar-refractivity contribution < 1.29 is 24.3 Å². The number of carboxylic acid groups (broad SMARTS) is 1. The number of rotatable bonds is 7. The zero-order chi connectivity index (χ0) is 15.9. The third-order valence-corrected chi connectivity index (χ3v) is 3.39. The molecule has 2 rings (SSSR count). The van der Waals surface area contributed by atoms with E-state index < -0.39 is 22.1 Å². The van der Waals surface area contributed by atoms with Crippen LogP contribution in [0.3, 0.4) is 0 Å². The summed E-state index contributed by atoms with van der Waals surface area (Å²) in [4.78, 5) is 23.6. The molecule has 1 fully saturated rings. The number of carboxylic acids is 1. The molecule has 0 aromatic heterocycles. The SMILES string of the molecule is O=C(O)c1c(OCCCN2CCOCC2)cccc1[N+](=O)[O-]. The molecule has 8 heteroatoms. The Labute approximate surface area is 127 Å². The van der Waals surface area contributed by atoms with Crippen molar-refractivity contribution in [2.75, 3.05) is 39.5 Å². The van der Waals surface area contributed by atoms with Gasteiger partial charge in [-0.15, -0.1) is 0 Å². The number of benzene rings is 1. The van der Waals surface area contributed by atoms with E-state index in [0.29, 0.717) is 13.0 Å². The van der Waals surface area contributed by atoms with E-state index in [1.165, 1.54) is 12.1 Å². The number of nitro benzene ring substituents is 1. The van der Waals surface area contributed by atoms with Crippen molar-refractivity contribution in [3.8, 4) is 5.75 Å². The summed E-state index contributed by atoms with van der Waals surface area (Å²) in [6.07, 6.45) is 0.710. The molecule has 0 aliphatic carbocycles. The number of hydrogen-bond donors (Lipinski definition) is 1. The van der Waals surface area contributed by atoms with Crippen molar-refractivity contribution in [3.05, 3.63) is 33.9 Å². The van der Waals surface area contributed by atoms with Crippen LogP contribution >= 0.6 is 0 Å². The minimum atomic E-state index is -1.37. The molecule has 0 amide bonds. The summed E-state index contributed by atoms with van der Waals surface area (Å²) in [5.41, 5.74) is -0.864. The summed E-state index contributed by atoms with van der Waals surface area (Å²) in [5.74, 6) is -1.33. The Bertz CT molecular complexity index is 542. The number of ether oxygens (including phenoxy) is 2. The van der Waals surface area contributed by atoms with E-state index in [9.17, 15) is 14.9 Å². The van der Waals surface area contributed by atoms with Crippen LogP contribution in [0.25, 0.3) is 0 Å². The van der Waals surface area contributed by atoms with E-state index >= 15 is 0 Å². The number of morpholine rings is 1. The first-order valence-electron chi connectivity index (χ1n) is 7.03. The molecule has 0 saturated carbocycles. The van der Waals surface area contributed by atoms with E-state index in [2.05, 4.69) is 4.90 Å². The van der Waals surface area contributed by atoms with Crippen molar-refractivity contribution in [1.82, 2.24) is 4.90 Å². The first kappa shape index (κ1) is 16.2. The van der Waals surface area contributed by atoms with Gasteiger partial charge in [0.1, 0.15) is 5.75 Å². The predicted molar refractivity (Wildman–Crippen MR) is 77.4 cm³/mol. The van der Waals surface area contributed by atoms with E-state index in [1.54, 1.807) is 0 Å². The summed E-state index contributed by atoms with van der Waals surface area (Å²) >= 11 is 0. The normalized spacial score (nSPS) is 15.5. The van der Waals surface area contributed by atoms with Gasteiger partial charge in [-0.3, -0.25) is 15.0 Å². The summed E-state index contributed by atoms with van der Waals surface area (Å²) < 4.78 is 10.7. The van der Waals surface area contributed by atoms with Crippen LogP contribution in [-0.4, -0.2) is 60.4 Å². The molecule has 0 spiro atoms. The standard InChI is InChI=1S/C14H18N2O6/c17-14(18)13-11(16(19)20)3-1-4-12(13)22-8-2-5-15-6-9-21-10-7-15/h1,3-4H,2,5-10H2,(H,17,18). The number of nitro groups is 1. The van der Waals surface area contributed by atoms with Crippen LogP contribution in [0.5, 0.6) is 5.75 Å². The van der Waals surface area contributed by atoms with Gasteiger partial charge in [-0.25, -0.2) is 4.79 Å². The summed E-state index contributed by atoms with van der Waals surface area (Å²) in [7, 11) is 0. The lowest BCUT2D eigenvalue weighted by Crippen LogP contribution is -2.37. The highest BCUT2D eigenvalue weighted by molar-refractivity contribution is 5.95. The largest absolute Gasteiger partial charge is 0.492 e. The minimum absolute atomic E-state index is 0.0312. The lowest BCUT2D eigenvalue weighted by molar-refractivity contribution is -0.385. The second kappa shape index (κ2) is 7.71. The number of nitrogens with zero attached hydrogens (tertiary/aromatic N) is 2. The monoisotopic (exact) mass is 310 g/mol. The predicted octanol–water partition coefficient (Wildman–Crippen LogP) is 1.39. The lowest BCUT2D eigenvalue weighted by atomic mass is 10.1. The summed E-state index contributed by atoms with van der Waals surface area (Å²) in [6.45, 7) is 4.30. The molecular weight excluding hydrogens is 292 g/mol. The van der Waals surface area contributed by atoms with Gasteiger partial charge >= 0.3 is 5.97 Å². The lowest BCUT2D eigenvalue weighted by Gasteiger charge is -2.26. The molecule has 0 bridgehead atoms. The molecule has 1 aliphatic rings. The highest BCUT2D eigenvalue weighted by atomic mass is 16.6. The van der Waals surface area contributed by atoms with Gasteiger partial charge in [0.25, 0.3) is 5.69 Å². The molecule has 22 heavy (non-hydrogen) atoms. The van der Waals surface area contributed by atoms with Crippen LogP contribution in [0, 0.1) is 10.1 Å². The molecule has 0 atom stereocenters. The van der Waals surface area contributed by atoms with Gasteiger partial charge in [0.05, 0.1) is 24.7 Å². The number of hydrogen-bond acceptors (Lipinski definition) is 6. The van der Waals surface area contributed by atoms with Crippen molar-refractivity contribution in [3.63, 3.8) is 0 Å². The Morgan fingerprint density at radius 1 is 1.41 bits per heavy atom. The molecular formula is C14H18N2O6. The second-order valence-electron chi connectivity index (χ2n) is 4.87. The molecule has 1 aliphatic heterocycles. The van der Waals surface area contributed by atoms with Gasteiger partial charge in [0, 0.05) is 25.7 Å². The fraction of sp³-hybridized carbons (Fsp3) is 0.500. The third-order valence-electron chi connectivity index (χ3n) is 3.39. The maximum absolute atomic E-state index is 11.2. The van der Waals surface area contributed by atoms with E-state index in [0.717, 1.165) is 38.9 Å². The van der Waals surface area contributed by atoms with Crippen LogP contribution in [-0.2, 0) is 4.74 Å². The summed E-state index contributed by atoms with van der Waals surface area (Å²) in [6, 6.07) is 4.01. The van der Waals surface area contributed by atoms with Gasteiger partial charge in [-0.2, -0.15) is 0 Å². The highest BCUT2D eigenvalue weighted by Crippen LogP contribution is 2.28. The molecule has 120 valence electrons. The molecule has 0 unspecified atom stereocenters. The molecule has 1 saturated heterocycles. The van der Waals surface area contributed by atoms with Crippen LogP contribution in [0.2, 0.25) is 0 Å². The fourth-order valence-corrected chi connectivity index (χ4v) is 2.30. The average molecular weight is 310 g/mol. The van der Waals surface area contributed by atoms with Crippen LogP contribution in [0.15, 0.2) is 18.2 Å². The molecule has 1 heterocycles. The van der Waals surface area contributed by atoms with E-state index in [-0.39, 0.29) is 5.75 Å². The van der Waals surface area contributed by atoms with Gasteiger partial charge in [-0.1, -0.05) is 6.07 Å². The van der Waals surface area contributed by atoms with Crippen molar-refractivity contribution in [2.24, 2.45) is 0 Å². The van der Waals surface area contributed by atoms with Crippen LogP contribution < -0.4 is 4.74 Å². The van der Waals surface area contributed by atoms with Gasteiger partial charge in [0.2, 0.25) is 0 Å². The van der Waals surface area contributed by atoms with Gasteiger partial charge in [-0.05, 0) is 12.5 Å². The second-order valence-corrected chi connectivity index (χ2v) is 4.87. The molecule has 1 N–H and O–H groups in total. The van der Waals surface area contributed by atoms with Crippen molar-refractivity contribution >= 4 is 11.7 Å². The zero-order valence-corrected chi connectivity index (χ0v) is 12.1. The fourth-order valence-electron chi connectivity index (χ4n) is 2.30. The Hall–Kier alpha value is -2.19. The van der Waals surface area contributed by atoms with Gasteiger partial charge in [0.15, 0.2) is 5.56 Å². The Kier molecular flexibility index (Phi) is 5.68. The zero-order valence-electron chi connectivity index (χ0n) is 12.1. The third kappa shape index (κ3) is 4.15. The van der Waals surface area contributed by atoms with Crippen molar-refractivity contribution in [2.45, 2.75) is 6.42 Å². The number of aromatic carboxylic acids is 1. The van der Waals surface area contributed by atoms with Crippen LogP contribution in [0.4, 0.5) is 5.69 Å². The molecule has 1 aromatic rings. The Balaban J connectivity index is 1.93. The Morgan fingerprint density at radius 2 is 2.14 bits per heavy atom. The molecule has 1 aromatic carbocycles. The highest BCUT2D eigenvalue weighted by Gasteiger charge is 2.24. The summed E-state index contributed by atoms with van der Waals surface area (Å²) in [5, 5.41) is 20.0. The Morgan fingerprint density at radius 3 is 2.77 bits per heavy atom. The maximum Gasteiger partial charge on any atom is 0.346 e. The topological polar surface area (TPSA) is 102 Å². The maximum atomic E-state index is 11.2. The molecule has 0 radical (unpaired) electrons. The van der Waals surface area contributed by atoms with Crippen molar-refractivity contribution in [1.29, 1.82) is 0 Å². The number of carbonyl (C=O) groups is 1. The van der Waals surface area contributed by atoms with E-state index in [1.807, 2.05) is 0 Å². The average Bonchev–Trinajstić information content (AvgIpc) is 2.52. The van der Waals surface area contributed by atoms with Gasteiger partial charge < -0.3 is 14.6 Å². The van der Waals surface area contributed by atoms with Crippen LogP contribution in [0.1, 0.15) is 16.8 Å². The quantitative estimate of drug-likeness (QED) is 0.461. The first-order valence-corrected chi connectivity index (χ1v) is 7.03. The minimum Gasteiger partial charge on any atom is -0.492 e. The smallest absolute Gasteiger partial charge is 0.346 e. The first-order chi connectivity index (χ1) is 10.6. The molecule has 8 nitrogen and oxygen atoms in total. The van der Waals surface area contributed by atoms with E-state index in [4.69, 9.17) is 14.6 Å².